The highest BCUT2D eigenvalue weighted by atomic mass is 32.2. The largest absolute Gasteiger partial charge is 0.478 e. The summed E-state index contributed by atoms with van der Waals surface area (Å²) in [5.41, 5.74) is 0.813. The van der Waals surface area contributed by atoms with Crippen molar-refractivity contribution >= 4 is 21.9 Å². The monoisotopic (exact) mass is 388 g/mol. The number of aromatic carboxylic acids is 1. The molecule has 27 heavy (non-hydrogen) atoms. The Kier molecular flexibility index (Phi) is 5.57. The molecule has 3 rings (SSSR count). The van der Waals surface area contributed by atoms with Gasteiger partial charge in [-0.05, 0) is 36.6 Å². The molecule has 0 spiro atoms. The minimum atomic E-state index is -3.96. The average molecular weight is 388 g/mol. The van der Waals surface area contributed by atoms with Crippen molar-refractivity contribution in [2.24, 2.45) is 0 Å². The molecule has 1 unspecified atom stereocenters. The Hall–Kier alpha value is -2.71. The van der Waals surface area contributed by atoms with Gasteiger partial charge < -0.3 is 10.4 Å². The molecule has 2 aromatic carbocycles. The quantitative estimate of drug-likeness (QED) is 0.786. The summed E-state index contributed by atoms with van der Waals surface area (Å²) in [5, 5.41) is 11.9. The zero-order valence-electron chi connectivity index (χ0n) is 14.5. The van der Waals surface area contributed by atoms with Gasteiger partial charge in [-0.2, -0.15) is 4.31 Å². The highest BCUT2D eigenvalue weighted by molar-refractivity contribution is 7.89. The first-order valence-corrected chi connectivity index (χ1v) is 10.0. The third kappa shape index (κ3) is 4.17. The van der Waals surface area contributed by atoms with Crippen molar-refractivity contribution in [3.05, 3.63) is 65.7 Å². The molecule has 1 amide bonds. The zero-order valence-corrected chi connectivity index (χ0v) is 15.4. The topological polar surface area (TPSA) is 104 Å². The van der Waals surface area contributed by atoms with Crippen LogP contribution in [0.25, 0.3) is 0 Å². The second-order valence-electron chi connectivity index (χ2n) is 6.31. The Morgan fingerprint density at radius 2 is 1.85 bits per heavy atom. The van der Waals surface area contributed by atoms with Gasteiger partial charge in [0.25, 0.3) is 0 Å². The minimum Gasteiger partial charge on any atom is -0.478 e. The van der Waals surface area contributed by atoms with Gasteiger partial charge in [-0.25, -0.2) is 13.2 Å². The number of sulfonamides is 1. The Balaban J connectivity index is 1.77. The van der Waals surface area contributed by atoms with Crippen LogP contribution in [0, 0.1) is 0 Å². The summed E-state index contributed by atoms with van der Waals surface area (Å²) in [6.07, 6.45) is 1.000. The maximum absolute atomic E-state index is 13.0. The Bertz CT molecular complexity index is 944. The third-order valence-corrected chi connectivity index (χ3v) is 6.41. The van der Waals surface area contributed by atoms with Gasteiger partial charge in [0, 0.05) is 13.1 Å². The van der Waals surface area contributed by atoms with Crippen molar-refractivity contribution < 1.29 is 23.1 Å². The lowest BCUT2D eigenvalue weighted by Crippen LogP contribution is -2.45. The molecule has 1 heterocycles. The van der Waals surface area contributed by atoms with Gasteiger partial charge in [0.2, 0.25) is 15.9 Å². The number of amides is 1. The summed E-state index contributed by atoms with van der Waals surface area (Å²) >= 11 is 0. The van der Waals surface area contributed by atoms with E-state index in [1.54, 1.807) is 0 Å². The first-order chi connectivity index (χ1) is 12.9. The summed E-state index contributed by atoms with van der Waals surface area (Å²) in [5.74, 6) is -1.56. The van der Waals surface area contributed by atoms with Crippen molar-refractivity contribution in [1.29, 1.82) is 0 Å². The van der Waals surface area contributed by atoms with E-state index in [0.29, 0.717) is 19.4 Å². The maximum Gasteiger partial charge on any atom is 0.335 e. The zero-order chi connectivity index (χ0) is 19.4. The van der Waals surface area contributed by atoms with Crippen LogP contribution in [0.3, 0.4) is 0 Å². The molecule has 2 N–H and O–H groups in total. The van der Waals surface area contributed by atoms with E-state index in [1.807, 2.05) is 30.3 Å². The van der Waals surface area contributed by atoms with Crippen LogP contribution in [0.15, 0.2) is 59.5 Å². The van der Waals surface area contributed by atoms with Crippen LogP contribution in [0.2, 0.25) is 0 Å². The molecule has 1 aliphatic rings. The van der Waals surface area contributed by atoms with Crippen LogP contribution in [0.1, 0.15) is 28.8 Å². The Morgan fingerprint density at radius 1 is 1.11 bits per heavy atom. The molecule has 2 aromatic rings. The fourth-order valence-electron chi connectivity index (χ4n) is 3.12. The molecule has 7 nitrogen and oxygen atoms in total. The average Bonchev–Trinajstić information content (AvgIpc) is 3.18. The van der Waals surface area contributed by atoms with Crippen molar-refractivity contribution in [3.63, 3.8) is 0 Å². The van der Waals surface area contributed by atoms with E-state index in [4.69, 9.17) is 5.11 Å². The summed E-state index contributed by atoms with van der Waals surface area (Å²) in [7, 11) is -3.96. The number of nitrogens with one attached hydrogen (secondary N) is 1. The van der Waals surface area contributed by atoms with Crippen LogP contribution in [-0.4, -0.2) is 42.3 Å². The molecule has 0 bridgehead atoms. The fourth-order valence-corrected chi connectivity index (χ4v) is 4.82. The van der Waals surface area contributed by atoms with E-state index < -0.39 is 22.0 Å². The number of benzene rings is 2. The van der Waals surface area contributed by atoms with Gasteiger partial charge in [0.05, 0.1) is 10.5 Å². The molecule has 0 radical (unpaired) electrons. The van der Waals surface area contributed by atoms with Gasteiger partial charge >= 0.3 is 5.97 Å². The molecule has 0 saturated carbocycles. The van der Waals surface area contributed by atoms with Gasteiger partial charge in [-0.15, -0.1) is 0 Å². The molecule has 8 heteroatoms. The van der Waals surface area contributed by atoms with Crippen molar-refractivity contribution in [2.45, 2.75) is 30.3 Å². The highest BCUT2D eigenvalue weighted by Crippen LogP contribution is 2.26. The molecular weight excluding hydrogens is 368 g/mol. The number of carbonyl (C=O) groups excluding carboxylic acids is 1. The summed E-state index contributed by atoms with van der Waals surface area (Å²) in [6.45, 7) is 0.543. The van der Waals surface area contributed by atoms with Crippen LogP contribution in [0.5, 0.6) is 0 Å². The number of carbonyl (C=O) groups is 2. The van der Waals surface area contributed by atoms with E-state index in [1.165, 1.54) is 18.2 Å². The van der Waals surface area contributed by atoms with Crippen LogP contribution in [0.4, 0.5) is 0 Å². The molecule has 0 aliphatic carbocycles. The first kappa shape index (κ1) is 19.1. The van der Waals surface area contributed by atoms with Crippen molar-refractivity contribution in [1.82, 2.24) is 9.62 Å². The van der Waals surface area contributed by atoms with Crippen LogP contribution in [-0.2, 0) is 21.4 Å². The van der Waals surface area contributed by atoms with Gasteiger partial charge in [0.1, 0.15) is 6.04 Å². The molecule has 1 fully saturated rings. The summed E-state index contributed by atoms with van der Waals surface area (Å²) in [6, 6.07) is 13.7. The number of carboxylic acids is 1. The normalized spacial score (nSPS) is 17.6. The van der Waals surface area contributed by atoms with E-state index in [0.717, 1.165) is 15.9 Å². The number of carboxylic acid groups (broad SMARTS) is 1. The number of nitrogens with zero attached hydrogens (tertiary/aromatic N) is 1. The minimum absolute atomic E-state index is 0.111. The van der Waals surface area contributed by atoms with Crippen molar-refractivity contribution in [2.75, 3.05) is 6.54 Å². The van der Waals surface area contributed by atoms with E-state index in [-0.39, 0.29) is 22.9 Å². The molecule has 0 aromatic heterocycles. The van der Waals surface area contributed by atoms with E-state index in [9.17, 15) is 18.0 Å². The third-order valence-electron chi connectivity index (χ3n) is 4.50. The van der Waals surface area contributed by atoms with Crippen LogP contribution < -0.4 is 5.32 Å². The molecule has 142 valence electrons. The lowest BCUT2D eigenvalue weighted by atomic mass is 10.2. The number of hydrogen-bond donors (Lipinski definition) is 2. The predicted octanol–water partition coefficient (Wildman–Crippen LogP) is 1.85. The molecule has 1 atom stereocenters. The second kappa shape index (κ2) is 7.89. The lowest BCUT2D eigenvalue weighted by Gasteiger charge is -2.23. The van der Waals surface area contributed by atoms with Gasteiger partial charge in [-0.1, -0.05) is 36.4 Å². The second-order valence-corrected chi connectivity index (χ2v) is 8.20. The first-order valence-electron chi connectivity index (χ1n) is 8.56. The summed E-state index contributed by atoms with van der Waals surface area (Å²) < 4.78 is 27.1. The SMILES string of the molecule is O=C(O)c1cccc(S(=O)(=O)N2CCCC2C(=O)NCc2ccccc2)c1. The Labute approximate surface area is 157 Å². The number of hydrogen-bond acceptors (Lipinski definition) is 4. The standard InChI is InChI=1S/C19H20N2O5S/c22-18(20-13-14-6-2-1-3-7-14)17-10-5-11-21(17)27(25,26)16-9-4-8-15(12-16)19(23)24/h1-4,6-9,12,17H,5,10-11,13H2,(H,20,22)(H,23,24). The van der Waals surface area contributed by atoms with E-state index in [2.05, 4.69) is 5.32 Å². The Morgan fingerprint density at radius 3 is 2.56 bits per heavy atom. The number of rotatable bonds is 6. The molecular formula is C19H20N2O5S. The van der Waals surface area contributed by atoms with Gasteiger partial charge in [0.15, 0.2) is 0 Å². The highest BCUT2D eigenvalue weighted by Gasteiger charge is 2.39. The maximum atomic E-state index is 13.0. The van der Waals surface area contributed by atoms with Gasteiger partial charge in [-0.3, -0.25) is 4.79 Å². The predicted molar refractivity (Wildman–Crippen MR) is 98.6 cm³/mol. The molecule has 1 aliphatic heterocycles. The van der Waals surface area contributed by atoms with Crippen LogP contribution >= 0.6 is 0 Å². The van der Waals surface area contributed by atoms with Crippen molar-refractivity contribution in [3.8, 4) is 0 Å². The van der Waals surface area contributed by atoms with E-state index >= 15 is 0 Å². The molecule has 1 saturated heterocycles. The smallest absolute Gasteiger partial charge is 0.335 e. The fraction of sp³-hybridized carbons (Fsp3) is 0.263. The lowest BCUT2D eigenvalue weighted by molar-refractivity contribution is -0.124. The summed E-state index contributed by atoms with van der Waals surface area (Å²) in [4.78, 5) is 23.6.